The zero-order valence-electron chi connectivity index (χ0n) is 16.1. The molecule has 0 aliphatic carbocycles. The van der Waals surface area contributed by atoms with E-state index in [1.54, 1.807) is 17.4 Å². The van der Waals surface area contributed by atoms with Gasteiger partial charge < -0.3 is 10.3 Å². The number of fused-ring (bicyclic) bond motifs is 1. The number of nitrogens with one attached hydrogen (secondary N) is 1. The highest BCUT2D eigenvalue weighted by Crippen LogP contribution is 2.24. The maximum absolute atomic E-state index is 12.3. The van der Waals surface area contributed by atoms with Gasteiger partial charge in [-0.1, -0.05) is 56.3 Å². The fourth-order valence-corrected chi connectivity index (χ4v) is 4.28. The number of thiophene rings is 1. The Kier molecular flexibility index (Phi) is 5.37. The molecule has 0 radical (unpaired) electrons. The molecule has 0 spiro atoms. The lowest BCUT2D eigenvalue weighted by molar-refractivity contribution is -0.702. The summed E-state index contributed by atoms with van der Waals surface area (Å²) in [7, 11) is 0. The van der Waals surface area contributed by atoms with Gasteiger partial charge >= 0.3 is 0 Å². The van der Waals surface area contributed by atoms with Gasteiger partial charge in [0, 0.05) is 5.56 Å². The maximum atomic E-state index is 12.3. The van der Waals surface area contributed by atoms with Crippen molar-refractivity contribution in [3.05, 3.63) is 98.2 Å². The van der Waals surface area contributed by atoms with Crippen molar-refractivity contribution in [1.29, 1.82) is 0 Å². The second-order valence-electron chi connectivity index (χ2n) is 7.28. The number of hydrogen-bond donors (Lipinski definition) is 2. The van der Waals surface area contributed by atoms with Crippen LogP contribution in [0, 0.1) is 0 Å². The summed E-state index contributed by atoms with van der Waals surface area (Å²) in [6.45, 7) is 5.02. The summed E-state index contributed by atoms with van der Waals surface area (Å²) >= 11 is 1.75. The lowest BCUT2D eigenvalue weighted by Crippen LogP contribution is -2.84. The topological polar surface area (TPSA) is 62.4 Å². The first-order valence-corrected chi connectivity index (χ1v) is 10.4. The van der Waals surface area contributed by atoms with Crippen molar-refractivity contribution in [2.45, 2.75) is 32.4 Å². The lowest BCUT2D eigenvalue weighted by atomic mass is 9.98. The zero-order chi connectivity index (χ0) is 19.5. The van der Waals surface area contributed by atoms with Crippen LogP contribution in [0.5, 0.6) is 0 Å². The van der Waals surface area contributed by atoms with Gasteiger partial charge in [-0.05, 0) is 35.1 Å². The van der Waals surface area contributed by atoms with Gasteiger partial charge in [0.1, 0.15) is 12.6 Å². The summed E-state index contributed by atoms with van der Waals surface area (Å²) in [5.41, 5.74) is 3.26. The van der Waals surface area contributed by atoms with E-state index in [0.29, 0.717) is 23.7 Å². The molecule has 0 fully saturated rings. The number of quaternary nitrogens is 1. The summed E-state index contributed by atoms with van der Waals surface area (Å²) in [5, 5.41) is 4.98. The number of rotatable bonds is 6. The molecule has 0 saturated heterocycles. The highest BCUT2D eigenvalue weighted by atomic mass is 32.1. The maximum Gasteiger partial charge on any atom is 0.258 e. The lowest BCUT2D eigenvalue weighted by Gasteiger charge is -2.16. The van der Waals surface area contributed by atoms with E-state index in [2.05, 4.69) is 70.9 Å². The number of hydrogen-bond acceptors (Lipinski definition) is 3. The van der Waals surface area contributed by atoms with Gasteiger partial charge in [-0.25, -0.2) is 4.98 Å². The Hall–Kier alpha value is -2.76. The van der Waals surface area contributed by atoms with Gasteiger partial charge in [-0.2, -0.15) is 0 Å². The standard InChI is InChI=1S/C23H23N3OS/c1-15(2)16-9-11-17(12-10-16)22(20-8-5-13-28-20)24-14-21-25-19-7-4-3-6-18(19)23(27)26-21/h3-13,15,22,24H,14H2,1-2H3,(H,25,26,27)/p+1/t22-/m1/s1. The molecule has 2 aromatic heterocycles. The molecule has 5 heteroatoms. The highest BCUT2D eigenvalue weighted by Gasteiger charge is 2.19. The highest BCUT2D eigenvalue weighted by molar-refractivity contribution is 7.10. The molecule has 28 heavy (non-hydrogen) atoms. The molecule has 4 aromatic rings. The van der Waals surface area contributed by atoms with Crippen molar-refractivity contribution in [1.82, 2.24) is 9.97 Å². The molecule has 0 aliphatic heterocycles. The van der Waals surface area contributed by atoms with Gasteiger partial charge in [0.05, 0.1) is 15.8 Å². The van der Waals surface area contributed by atoms with Crippen LogP contribution in [0.15, 0.2) is 70.8 Å². The molecule has 0 unspecified atom stereocenters. The summed E-state index contributed by atoms with van der Waals surface area (Å²) in [4.78, 5) is 21.2. The number of aromatic amines is 1. The average Bonchev–Trinajstić information content (AvgIpc) is 3.23. The fraction of sp³-hybridized carbons (Fsp3) is 0.217. The van der Waals surface area contributed by atoms with E-state index in [1.807, 2.05) is 18.2 Å². The normalized spacial score (nSPS) is 12.5. The van der Waals surface area contributed by atoms with Crippen LogP contribution in [-0.4, -0.2) is 9.97 Å². The SMILES string of the molecule is CC(C)c1ccc([C@@H]([NH2+]Cc2nc3ccccc3c(=O)[nH]2)c2cccs2)cc1. The summed E-state index contributed by atoms with van der Waals surface area (Å²) in [6.07, 6.45) is 0. The van der Waals surface area contributed by atoms with Crippen LogP contribution in [0.4, 0.5) is 0 Å². The number of nitrogens with two attached hydrogens (primary N) is 1. The molecule has 2 aromatic carbocycles. The summed E-state index contributed by atoms with van der Waals surface area (Å²) < 4.78 is 0. The predicted octanol–water partition coefficient (Wildman–Crippen LogP) is 3.96. The molecule has 4 rings (SSSR count). The van der Waals surface area contributed by atoms with E-state index in [1.165, 1.54) is 16.0 Å². The van der Waals surface area contributed by atoms with Crippen LogP contribution in [-0.2, 0) is 6.54 Å². The van der Waals surface area contributed by atoms with E-state index in [4.69, 9.17) is 0 Å². The molecule has 0 amide bonds. The van der Waals surface area contributed by atoms with Crippen LogP contribution in [0.1, 0.15) is 47.6 Å². The molecule has 2 heterocycles. The number of nitrogens with zero attached hydrogens (tertiary/aromatic N) is 1. The Labute approximate surface area is 168 Å². The molecule has 4 nitrogen and oxygen atoms in total. The Morgan fingerprint density at radius 1 is 1.00 bits per heavy atom. The van der Waals surface area contributed by atoms with E-state index in [0.717, 1.165) is 5.52 Å². The molecule has 0 aliphatic rings. The minimum absolute atomic E-state index is 0.0806. The second kappa shape index (κ2) is 8.09. The molecular weight excluding hydrogens is 366 g/mol. The summed E-state index contributed by atoms with van der Waals surface area (Å²) in [6, 6.07) is 20.7. The van der Waals surface area contributed by atoms with Crippen LogP contribution in [0.25, 0.3) is 10.9 Å². The van der Waals surface area contributed by atoms with Crippen LogP contribution in [0.3, 0.4) is 0 Å². The Morgan fingerprint density at radius 2 is 1.75 bits per heavy atom. The van der Waals surface area contributed by atoms with Gasteiger partial charge in [-0.15, -0.1) is 11.3 Å². The van der Waals surface area contributed by atoms with Crippen LogP contribution >= 0.6 is 11.3 Å². The third kappa shape index (κ3) is 3.91. The van der Waals surface area contributed by atoms with Gasteiger partial charge in [0.25, 0.3) is 5.56 Å². The number of benzene rings is 2. The number of para-hydroxylation sites is 1. The van der Waals surface area contributed by atoms with Crippen molar-refractivity contribution >= 4 is 22.2 Å². The van der Waals surface area contributed by atoms with E-state index >= 15 is 0 Å². The first kappa shape index (κ1) is 18.6. The van der Waals surface area contributed by atoms with Crippen molar-refractivity contribution in [2.24, 2.45) is 0 Å². The number of aromatic nitrogens is 2. The third-order valence-electron chi connectivity index (χ3n) is 5.02. The molecule has 3 N–H and O–H groups in total. The van der Waals surface area contributed by atoms with Crippen LogP contribution in [0.2, 0.25) is 0 Å². The van der Waals surface area contributed by atoms with Gasteiger partial charge in [0.15, 0.2) is 5.82 Å². The summed E-state index contributed by atoms with van der Waals surface area (Å²) in [5.74, 6) is 1.22. The molecule has 0 bridgehead atoms. The van der Waals surface area contributed by atoms with Gasteiger partial charge in [0.2, 0.25) is 0 Å². The third-order valence-corrected chi connectivity index (χ3v) is 5.98. The van der Waals surface area contributed by atoms with Crippen molar-refractivity contribution in [3.8, 4) is 0 Å². The first-order chi connectivity index (χ1) is 13.6. The quantitative estimate of drug-likeness (QED) is 0.523. The van der Waals surface area contributed by atoms with Gasteiger partial charge in [-0.3, -0.25) is 4.79 Å². The van der Waals surface area contributed by atoms with E-state index in [-0.39, 0.29) is 11.6 Å². The number of H-pyrrole nitrogens is 1. The second-order valence-corrected chi connectivity index (χ2v) is 8.26. The zero-order valence-corrected chi connectivity index (χ0v) is 16.9. The monoisotopic (exact) mass is 390 g/mol. The molecular formula is C23H24N3OS+. The van der Waals surface area contributed by atoms with Crippen molar-refractivity contribution in [3.63, 3.8) is 0 Å². The van der Waals surface area contributed by atoms with E-state index < -0.39 is 0 Å². The Balaban J connectivity index is 1.61. The molecule has 0 saturated carbocycles. The van der Waals surface area contributed by atoms with E-state index in [9.17, 15) is 4.79 Å². The largest absolute Gasteiger partial charge is 0.329 e. The first-order valence-electron chi connectivity index (χ1n) is 9.56. The smallest absolute Gasteiger partial charge is 0.258 e. The molecule has 142 valence electrons. The predicted molar refractivity (Wildman–Crippen MR) is 115 cm³/mol. The Morgan fingerprint density at radius 3 is 2.46 bits per heavy atom. The van der Waals surface area contributed by atoms with Crippen molar-refractivity contribution < 1.29 is 5.32 Å². The molecule has 1 atom stereocenters. The fourth-order valence-electron chi connectivity index (χ4n) is 3.43. The minimum Gasteiger partial charge on any atom is -0.329 e. The Bertz CT molecular complexity index is 1110. The minimum atomic E-state index is -0.0806. The van der Waals surface area contributed by atoms with Crippen LogP contribution < -0.4 is 10.9 Å². The average molecular weight is 391 g/mol. The van der Waals surface area contributed by atoms with Crippen molar-refractivity contribution in [2.75, 3.05) is 0 Å².